The van der Waals surface area contributed by atoms with E-state index in [0.29, 0.717) is 24.0 Å². The molecule has 0 bridgehead atoms. The number of carbonyl (C=O) groups excluding carboxylic acids is 1. The molecule has 122 valence electrons. The molecule has 0 aliphatic carbocycles. The van der Waals surface area contributed by atoms with Crippen LogP contribution in [0.3, 0.4) is 0 Å². The second-order valence-corrected chi connectivity index (χ2v) is 6.14. The van der Waals surface area contributed by atoms with Crippen molar-refractivity contribution in [1.82, 2.24) is 15.1 Å². The van der Waals surface area contributed by atoms with Gasteiger partial charge in [-0.05, 0) is 31.0 Å². The molecule has 2 N–H and O–H groups in total. The van der Waals surface area contributed by atoms with Gasteiger partial charge in [-0.1, -0.05) is 0 Å². The maximum Gasteiger partial charge on any atom is 0.313 e. The van der Waals surface area contributed by atoms with E-state index in [9.17, 15) is 14.7 Å². The number of aromatic amines is 1. The number of hydrogen-bond acceptors (Lipinski definition) is 4. The Morgan fingerprint density at radius 3 is 2.96 bits per heavy atom. The largest absolute Gasteiger partial charge is 0.481 e. The molecule has 1 aromatic heterocycles. The summed E-state index contributed by atoms with van der Waals surface area (Å²) < 4.78 is 5.07. The standard InChI is InChI=1S/C16H19N3O4/c1-10-5-11-7-17-18-13(11)12(6-10)14(20)19-4-3-16(8-19,9-23-2)15(21)22/h5-7H,3-4,8-9H2,1-2H3,(H,17,18)(H,21,22). The van der Waals surface area contributed by atoms with Gasteiger partial charge in [0.2, 0.25) is 0 Å². The first-order valence-electron chi connectivity index (χ1n) is 7.42. The van der Waals surface area contributed by atoms with Gasteiger partial charge >= 0.3 is 5.97 Å². The second-order valence-electron chi connectivity index (χ2n) is 6.14. The molecule has 0 saturated carbocycles. The SMILES string of the molecule is COCC1(C(=O)O)CCN(C(=O)c2cc(C)cc3cn[nH]c23)C1. The molecule has 1 atom stereocenters. The maximum atomic E-state index is 12.9. The van der Waals surface area contributed by atoms with E-state index in [1.807, 2.05) is 13.0 Å². The van der Waals surface area contributed by atoms with Crippen molar-refractivity contribution in [2.24, 2.45) is 5.41 Å². The fraction of sp³-hybridized carbons (Fsp3) is 0.438. The van der Waals surface area contributed by atoms with Crippen LogP contribution in [-0.2, 0) is 9.53 Å². The van der Waals surface area contributed by atoms with Gasteiger partial charge in [0, 0.05) is 25.6 Å². The predicted molar refractivity (Wildman–Crippen MR) is 83.3 cm³/mol. The average Bonchev–Trinajstić information content (AvgIpc) is 3.13. The van der Waals surface area contributed by atoms with Gasteiger partial charge in [0.15, 0.2) is 0 Å². The number of carboxylic acids is 1. The fourth-order valence-electron chi connectivity index (χ4n) is 3.22. The minimum absolute atomic E-state index is 0.0966. The Hall–Kier alpha value is -2.41. The number of nitrogens with one attached hydrogen (secondary N) is 1. The molecule has 7 heteroatoms. The Bertz CT molecular complexity index is 770. The lowest BCUT2D eigenvalue weighted by Gasteiger charge is -2.24. The van der Waals surface area contributed by atoms with Crippen molar-refractivity contribution in [3.05, 3.63) is 29.5 Å². The summed E-state index contributed by atoms with van der Waals surface area (Å²) >= 11 is 0. The zero-order valence-corrected chi connectivity index (χ0v) is 13.1. The summed E-state index contributed by atoms with van der Waals surface area (Å²) in [5, 5.41) is 17.2. The number of H-pyrrole nitrogens is 1. The molecule has 23 heavy (non-hydrogen) atoms. The Kier molecular flexibility index (Phi) is 3.81. The van der Waals surface area contributed by atoms with E-state index >= 15 is 0 Å². The highest BCUT2D eigenvalue weighted by atomic mass is 16.5. The van der Waals surface area contributed by atoms with Crippen LogP contribution in [0, 0.1) is 12.3 Å². The molecule has 1 saturated heterocycles. The summed E-state index contributed by atoms with van der Waals surface area (Å²) in [5.41, 5.74) is 1.14. The van der Waals surface area contributed by atoms with E-state index in [2.05, 4.69) is 10.2 Å². The average molecular weight is 317 g/mol. The van der Waals surface area contributed by atoms with Crippen LogP contribution >= 0.6 is 0 Å². The van der Waals surface area contributed by atoms with Crippen molar-refractivity contribution >= 4 is 22.8 Å². The lowest BCUT2D eigenvalue weighted by Crippen LogP contribution is -2.40. The number of carboxylic acid groups (broad SMARTS) is 1. The Morgan fingerprint density at radius 1 is 1.48 bits per heavy atom. The Morgan fingerprint density at radius 2 is 2.26 bits per heavy atom. The molecule has 3 rings (SSSR count). The second kappa shape index (κ2) is 5.66. The smallest absolute Gasteiger partial charge is 0.313 e. The number of amides is 1. The number of methoxy groups -OCH3 is 1. The molecule has 0 spiro atoms. The van der Waals surface area contributed by atoms with Crippen LogP contribution in [0.1, 0.15) is 22.3 Å². The van der Waals surface area contributed by atoms with Gasteiger partial charge in [-0.3, -0.25) is 14.7 Å². The monoisotopic (exact) mass is 317 g/mol. The number of ether oxygens (including phenoxy) is 1. The first-order chi connectivity index (χ1) is 11.0. The lowest BCUT2D eigenvalue weighted by atomic mass is 9.88. The number of aryl methyl sites for hydroxylation is 1. The summed E-state index contributed by atoms with van der Waals surface area (Å²) in [5.74, 6) is -1.10. The Labute approximate surface area is 133 Å². The summed E-state index contributed by atoms with van der Waals surface area (Å²) in [7, 11) is 1.48. The third-order valence-electron chi connectivity index (χ3n) is 4.44. The minimum atomic E-state index is -1.03. The van der Waals surface area contributed by atoms with Gasteiger partial charge in [0.05, 0.1) is 23.9 Å². The topological polar surface area (TPSA) is 95.5 Å². The maximum absolute atomic E-state index is 12.9. The molecule has 2 heterocycles. The summed E-state index contributed by atoms with van der Waals surface area (Å²) in [6.07, 6.45) is 2.06. The van der Waals surface area contributed by atoms with Gasteiger partial charge in [0.1, 0.15) is 5.41 Å². The van der Waals surface area contributed by atoms with E-state index in [1.165, 1.54) is 7.11 Å². The molecule has 1 aromatic carbocycles. The van der Waals surface area contributed by atoms with Gasteiger partial charge in [0.25, 0.3) is 5.91 Å². The highest BCUT2D eigenvalue weighted by Gasteiger charge is 2.46. The number of carbonyl (C=O) groups is 2. The highest BCUT2D eigenvalue weighted by molar-refractivity contribution is 6.06. The zero-order chi connectivity index (χ0) is 16.6. The predicted octanol–water partition coefficient (Wildman–Crippen LogP) is 1.43. The molecule has 1 fully saturated rings. The number of rotatable bonds is 4. The number of benzene rings is 1. The number of nitrogens with zero attached hydrogens (tertiary/aromatic N) is 2. The number of aromatic nitrogens is 2. The number of aliphatic carboxylic acids is 1. The summed E-state index contributed by atoms with van der Waals surface area (Å²) in [6.45, 7) is 2.57. The number of hydrogen-bond donors (Lipinski definition) is 2. The van der Waals surface area contributed by atoms with E-state index < -0.39 is 11.4 Å². The molecule has 0 radical (unpaired) electrons. The molecule has 1 aliphatic rings. The van der Waals surface area contributed by atoms with Crippen molar-refractivity contribution in [1.29, 1.82) is 0 Å². The van der Waals surface area contributed by atoms with Crippen molar-refractivity contribution in [2.45, 2.75) is 13.3 Å². The van der Waals surface area contributed by atoms with E-state index in [4.69, 9.17) is 4.74 Å². The van der Waals surface area contributed by atoms with Crippen LogP contribution < -0.4 is 0 Å². The van der Waals surface area contributed by atoms with E-state index in [-0.39, 0.29) is 19.1 Å². The first-order valence-corrected chi connectivity index (χ1v) is 7.42. The van der Waals surface area contributed by atoms with Crippen molar-refractivity contribution in [3.8, 4) is 0 Å². The van der Waals surface area contributed by atoms with Gasteiger partial charge in [-0.25, -0.2) is 0 Å². The van der Waals surface area contributed by atoms with Gasteiger partial charge < -0.3 is 14.7 Å². The first kappa shape index (κ1) is 15.5. The normalized spacial score (nSPS) is 21.0. The van der Waals surface area contributed by atoms with Crippen molar-refractivity contribution in [3.63, 3.8) is 0 Å². The molecule has 7 nitrogen and oxygen atoms in total. The molecule has 1 unspecified atom stereocenters. The van der Waals surface area contributed by atoms with Crippen LogP contribution in [0.25, 0.3) is 10.9 Å². The van der Waals surface area contributed by atoms with Crippen molar-refractivity contribution < 1.29 is 19.4 Å². The quantitative estimate of drug-likeness (QED) is 0.889. The molecular formula is C16H19N3O4. The van der Waals surface area contributed by atoms with Crippen LogP contribution in [0.4, 0.5) is 0 Å². The van der Waals surface area contributed by atoms with Crippen LogP contribution in [0.5, 0.6) is 0 Å². The van der Waals surface area contributed by atoms with Crippen molar-refractivity contribution in [2.75, 3.05) is 26.8 Å². The van der Waals surface area contributed by atoms with Crippen LogP contribution in [-0.4, -0.2) is 58.9 Å². The van der Waals surface area contributed by atoms with E-state index in [1.54, 1.807) is 17.2 Å². The lowest BCUT2D eigenvalue weighted by molar-refractivity contribution is -0.151. The molecular weight excluding hydrogens is 298 g/mol. The van der Waals surface area contributed by atoms with E-state index in [0.717, 1.165) is 10.9 Å². The minimum Gasteiger partial charge on any atom is -0.481 e. The number of likely N-dealkylation sites (tertiary alicyclic amines) is 1. The zero-order valence-electron chi connectivity index (χ0n) is 13.1. The van der Waals surface area contributed by atoms with Crippen LogP contribution in [0.2, 0.25) is 0 Å². The third-order valence-corrected chi connectivity index (χ3v) is 4.44. The molecule has 1 aliphatic heterocycles. The molecule has 1 amide bonds. The summed E-state index contributed by atoms with van der Waals surface area (Å²) in [6, 6.07) is 3.76. The van der Waals surface area contributed by atoms with Crippen LogP contribution in [0.15, 0.2) is 18.3 Å². The highest BCUT2D eigenvalue weighted by Crippen LogP contribution is 2.33. The Balaban J connectivity index is 1.92. The summed E-state index contributed by atoms with van der Waals surface area (Å²) in [4.78, 5) is 26.1. The van der Waals surface area contributed by atoms with Gasteiger partial charge in [-0.2, -0.15) is 5.10 Å². The van der Waals surface area contributed by atoms with Gasteiger partial charge in [-0.15, -0.1) is 0 Å². The number of fused-ring (bicyclic) bond motifs is 1. The fourth-order valence-corrected chi connectivity index (χ4v) is 3.22. The molecule has 2 aromatic rings. The third kappa shape index (κ3) is 2.57.